The highest BCUT2D eigenvalue weighted by Crippen LogP contribution is 2.28. The number of imidazole rings is 1. The Labute approximate surface area is 106 Å². The molecule has 0 bridgehead atoms. The lowest BCUT2D eigenvalue weighted by Gasteiger charge is -2.00. The Bertz CT molecular complexity index is 744. The Hall–Kier alpha value is -2.46. The maximum absolute atomic E-state index is 8.80. The van der Waals surface area contributed by atoms with Gasteiger partial charge in [0.05, 0.1) is 6.33 Å². The lowest BCUT2D eigenvalue weighted by molar-refractivity contribution is 1.06. The summed E-state index contributed by atoms with van der Waals surface area (Å²) < 4.78 is 0. The van der Waals surface area contributed by atoms with E-state index >= 15 is 0 Å². The molecule has 0 unspecified atom stereocenters. The van der Waals surface area contributed by atoms with Gasteiger partial charge in [0.2, 0.25) is 0 Å². The molecule has 0 spiro atoms. The Balaban J connectivity index is 2.01. The molecule has 3 rings (SSSR count). The second kappa shape index (κ2) is 4.43. The van der Waals surface area contributed by atoms with E-state index in [0.29, 0.717) is 16.4 Å². The minimum atomic E-state index is 0.384. The van der Waals surface area contributed by atoms with Gasteiger partial charge in [-0.05, 0) is 23.9 Å². The molecular formula is C11H6N6S. The number of nitrogens with zero attached hydrogens (tertiary/aromatic N) is 5. The van der Waals surface area contributed by atoms with Gasteiger partial charge in [0, 0.05) is 0 Å². The fourth-order valence-electron chi connectivity index (χ4n) is 1.45. The molecule has 3 aromatic heterocycles. The molecule has 0 aliphatic heterocycles. The van der Waals surface area contributed by atoms with Gasteiger partial charge in [0.1, 0.15) is 33.7 Å². The highest BCUT2D eigenvalue weighted by Gasteiger charge is 2.08. The first kappa shape index (κ1) is 10.7. The largest absolute Gasteiger partial charge is 0.341 e. The van der Waals surface area contributed by atoms with Crippen LogP contribution in [0.1, 0.15) is 5.69 Å². The number of nitriles is 1. The van der Waals surface area contributed by atoms with E-state index in [4.69, 9.17) is 5.26 Å². The summed E-state index contributed by atoms with van der Waals surface area (Å²) in [5, 5.41) is 10.3. The minimum absolute atomic E-state index is 0.384. The molecule has 7 heteroatoms. The van der Waals surface area contributed by atoms with Crippen molar-refractivity contribution in [1.82, 2.24) is 24.9 Å². The fourth-order valence-corrected chi connectivity index (χ4v) is 2.29. The normalized spacial score (nSPS) is 10.4. The summed E-state index contributed by atoms with van der Waals surface area (Å²) in [6.07, 6.45) is 3.03. The van der Waals surface area contributed by atoms with Crippen LogP contribution in [0.3, 0.4) is 0 Å². The molecule has 18 heavy (non-hydrogen) atoms. The van der Waals surface area contributed by atoms with E-state index in [9.17, 15) is 0 Å². The van der Waals surface area contributed by atoms with Crippen LogP contribution in [0, 0.1) is 11.3 Å². The first-order valence-electron chi connectivity index (χ1n) is 5.06. The van der Waals surface area contributed by atoms with Crippen molar-refractivity contribution < 1.29 is 0 Å². The SMILES string of the molecule is N#Cc1cccc(Sc2ncnc3nc[nH]c23)n1. The molecule has 0 aromatic carbocycles. The fraction of sp³-hybridized carbons (Fsp3) is 0. The van der Waals surface area contributed by atoms with Crippen molar-refractivity contribution in [3.63, 3.8) is 0 Å². The minimum Gasteiger partial charge on any atom is -0.341 e. The number of nitrogens with one attached hydrogen (secondary N) is 1. The molecule has 6 nitrogen and oxygen atoms in total. The van der Waals surface area contributed by atoms with Crippen molar-refractivity contribution in [3.05, 3.63) is 36.5 Å². The smallest absolute Gasteiger partial charge is 0.181 e. The summed E-state index contributed by atoms with van der Waals surface area (Å²) in [5.41, 5.74) is 1.77. The highest BCUT2D eigenvalue weighted by atomic mass is 32.2. The first-order valence-corrected chi connectivity index (χ1v) is 5.87. The third-order valence-corrected chi connectivity index (χ3v) is 3.17. The summed E-state index contributed by atoms with van der Waals surface area (Å²) in [5.74, 6) is 0. The summed E-state index contributed by atoms with van der Waals surface area (Å²) >= 11 is 1.37. The Morgan fingerprint density at radius 2 is 2.17 bits per heavy atom. The van der Waals surface area contributed by atoms with E-state index in [0.717, 1.165) is 10.5 Å². The van der Waals surface area contributed by atoms with Crippen LogP contribution in [0.25, 0.3) is 11.2 Å². The molecule has 86 valence electrons. The number of hydrogen-bond donors (Lipinski definition) is 1. The van der Waals surface area contributed by atoms with Crippen LogP contribution in [0.2, 0.25) is 0 Å². The molecule has 0 amide bonds. The lowest BCUT2D eigenvalue weighted by Crippen LogP contribution is -1.88. The van der Waals surface area contributed by atoms with Gasteiger partial charge in [-0.15, -0.1) is 0 Å². The van der Waals surface area contributed by atoms with Crippen LogP contribution in [0.15, 0.2) is 40.9 Å². The summed E-state index contributed by atoms with van der Waals surface area (Å²) in [6, 6.07) is 7.29. The van der Waals surface area contributed by atoms with Crippen LogP contribution in [0.5, 0.6) is 0 Å². The predicted octanol–water partition coefficient (Wildman–Crippen LogP) is 1.77. The Morgan fingerprint density at radius 1 is 1.22 bits per heavy atom. The molecule has 0 atom stereocenters. The van der Waals surface area contributed by atoms with E-state index in [-0.39, 0.29) is 0 Å². The number of H-pyrrole nitrogens is 1. The molecule has 0 aliphatic rings. The molecule has 3 heterocycles. The van der Waals surface area contributed by atoms with Crippen LogP contribution in [0.4, 0.5) is 0 Å². The predicted molar refractivity (Wildman–Crippen MR) is 64.8 cm³/mol. The van der Waals surface area contributed by atoms with Crippen molar-refractivity contribution in [2.24, 2.45) is 0 Å². The van der Waals surface area contributed by atoms with Crippen LogP contribution >= 0.6 is 11.8 Å². The molecule has 1 N–H and O–H groups in total. The van der Waals surface area contributed by atoms with Crippen molar-refractivity contribution in [2.45, 2.75) is 10.1 Å². The number of aromatic nitrogens is 5. The van der Waals surface area contributed by atoms with Gasteiger partial charge >= 0.3 is 0 Å². The number of hydrogen-bond acceptors (Lipinski definition) is 6. The lowest BCUT2D eigenvalue weighted by atomic mass is 10.4. The summed E-state index contributed by atoms with van der Waals surface area (Å²) in [7, 11) is 0. The number of rotatable bonds is 2. The molecular weight excluding hydrogens is 248 g/mol. The number of fused-ring (bicyclic) bond motifs is 1. The van der Waals surface area contributed by atoms with Gasteiger partial charge in [-0.3, -0.25) is 0 Å². The van der Waals surface area contributed by atoms with Gasteiger partial charge in [-0.1, -0.05) is 6.07 Å². The van der Waals surface area contributed by atoms with Gasteiger partial charge in [-0.2, -0.15) is 5.26 Å². The van der Waals surface area contributed by atoms with Gasteiger partial charge in [0.25, 0.3) is 0 Å². The van der Waals surface area contributed by atoms with E-state index in [1.807, 2.05) is 12.1 Å². The zero-order valence-corrected chi connectivity index (χ0v) is 9.85. The monoisotopic (exact) mass is 254 g/mol. The third kappa shape index (κ3) is 1.89. The second-order valence-corrected chi connectivity index (χ2v) is 4.36. The van der Waals surface area contributed by atoms with Crippen molar-refractivity contribution in [3.8, 4) is 6.07 Å². The zero-order valence-electron chi connectivity index (χ0n) is 9.03. The molecule has 0 aliphatic carbocycles. The summed E-state index contributed by atoms with van der Waals surface area (Å²) in [4.78, 5) is 19.5. The molecule has 0 radical (unpaired) electrons. The third-order valence-electron chi connectivity index (χ3n) is 2.23. The van der Waals surface area contributed by atoms with Crippen LogP contribution in [-0.2, 0) is 0 Å². The van der Waals surface area contributed by atoms with Crippen molar-refractivity contribution in [2.75, 3.05) is 0 Å². The Morgan fingerprint density at radius 3 is 3.06 bits per heavy atom. The topological polar surface area (TPSA) is 91.1 Å². The van der Waals surface area contributed by atoms with Crippen molar-refractivity contribution >= 4 is 22.9 Å². The second-order valence-electron chi connectivity index (χ2n) is 3.35. The molecule has 0 saturated heterocycles. The average Bonchev–Trinajstić information content (AvgIpc) is 2.88. The maximum Gasteiger partial charge on any atom is 0.181 e. The van der Waals surface area contributed by atoms with E-state index in [1.165, 1.54) is 18.1 Å². The van der Waals surface area contributed by atoms with Gasteiger partial charge in [0.15, 0.2) is 5.65 Å². The van der Waals surface area contributed by atoms with Crippen molar-refractivity contribution in [1.29, 1.82) is 5.26 Å². The quantitative estimate of drug-likeness (QED) is 0.701. The van der Waals surface area contributed by atoms with Gasteiger partial charge < -0.3 is 4.98 Å². The van der Waals surface area contributed by atoms with E-state index < -0.39 is 0 Å². The number of pyridine rings is 1. The molecule has 0 fully saturated rings. The van der Waals surface area contributed by atoms with Crippen LogP contribution < -0.4 is 0 Å². The van der Waals surface area contributed by atoms with E-state index in [1.54, 1.807) is 18.5 Å². The van der Waals surface area contributed by atoms with E-state index in [2.05, 4.69) is 24.9 Å². The average molecular weight is 254 g/mol. The standard InChI is InChI=1S/C11H6N6S/c12-4-7-2-1-3-8(17-7)18-11-9-10(14-5-13-9)15-6-16-11/h1-3,5-6H,(H,13,14,15,16). The zero-order chi connectivity index (χ0) is 12.4. The van der Waals surface area contributed by atoms with Crippen LogP contribution in [-0.4, -0.2) is 24.9 Å². The molecule has 0 saturated carbocycles. The summed E-state index contributed by atoms with van der Waals surface area (Å²) in [6.45, 7) is 0. The highest BCUT2D eigenvalue weighted by molar-refractivity contribution is 7.99. The Kier molecular flexibility index (Phi) is 2.63. The maximum atomic E-state index is 8.80. The first-order chi connectivity index (χ1) is 8.86. The number of aromatic amines is 1. The molecule has 3 aromatic rings. The van der Waals surface area contributed by atoms with Gasteiger partial charge in [-0.25, -0.2) is 19.9 Å².